The minimum absolute atomic E-state index is 0.845. The van der Waals surface area contributed by atoms with Crippen molar-refractivity contribution in [3.05, 3.63) is 89.1 Å². The van der Waals surface area contributed by atoms with E-state index in [-0.39, 0.29) is 0 Å². The van der Waals surface area contributed by atoms with E-state index in [9.17, 15) is 0 Å². The molecule has 0 fully saturated rings. The predicted octanol–water partition coefficient (Wildman–Crippen LogP) is 8.57. The van der Waals surface area contributed by atoms with E-state index in [0.717, 1.165) is 37.8 Å². The van der Waals surface area contributed by atoms with E-state index < -0.39 is 0 Å². The summed E-state index contributed by atoms with van der Waals surface area (Å²) in [4.78, 5) is 15.0. The Kier molecular flexibility index (Phi) is 5.29. The van der Waals surface area contributed by atoms with Crippen molar-refractivity contribution < 1.29 is 0 Å². The molecule has 0 amide bonds. The van der Waals surface area contributed by atoms with Crippen LogP contribution < -0.4 is 5.32 Å². The fraction of sp³-hybridized carbons (Fsp3) is 0.167. The van der Waals surface area contributed by atoms with E-state index in [2.05, 4.69) is 88.3 Å². The van der Waals surface area contributed by atoms with Crippen molar-refractivity contribution in [1.82, 2.24) is 15.0 Å². The van der Waals surface area contributed by atoms with E-state index in [4.69, 9.17) is 4.98 Å². The highest BCUT2D eigenvalue weighted by Gasteiger charge is 2.16. The smallest absolute Gasteiger partial charge is 0.143 e. The standard InChI is InChI=1S/C30H24N4S2/c1-18-6-13-25-26(14-18)36-29(34-25)20-9-11-23(12-10-20)33-28-27-24(16-35-30(27)32-17-31-28)22-8-7-19-4-2-3-5-21(19)15-22/h6-17H,2-5H2,1H3,(H,31,32,33). The summed E-state index contributed by atoms with van der Waals surface area (Å²) >= 11 is 3.41. The maximum Gasteiger partial charge on any atom is 0.143 e. The third kappa shape index (κ3) is 3.87. The van der Waals surface area contributed by atoms with Gasteiger partial charge in [-0.25, -0.2) is 15.0 Å². The summed E-state index contributed by atoms with van der Waals surface area (Å²) in [5.74, 6) is 0.845. The van der Waals surface area contributed by atoms with Gasteiger partial charge in [0.2, 0.25) is 0 Å². The number of benzene rings is 3. The second-order valence-electron chi connectivity index (χ2n) is 9.43. The highest BCUT2D eigenvalue weighted by Crippen LogP contribution is 2.39. The van der Waals surface area contributed by atoms with Gasteiger partial charge in [-0.2, -0.15) is 0 Å². The number of aryl methyl sites for hydroxylation is 3. The molecule has 6 heteroatoms. The zero-order chi connectivity index (χ0) is 24.1. The number of nitrogens with one attached hydrogen (secondary N) is 1. The Labute approximate surface area is 217 Å². The second-order valence-corrected chi connectivity index (χ2v) is 11.3. The average Bonchev–Trinajstić information content (AvgIpc) is 3.54. The zero-order valence-corrected chi connectivity index (χ0v) is 21.5. The van der Waals surface area contributed by atoms with Crippen LogP contribution in [0.3, 0.4) is 0 Å². The molecule has 3 heterocycles. The number of thiophene rings is 1. The van der Waals surface area contributed by atoms with Crippen molar-refractivity contribution in [3.8, 4) is 21.7 Å². The van der Waals surface area contributed by atoms with Crippen molar-refractivity contribution in [2.75, 3.05) is 5.32 Å². The normalized spacial score (nSPS) is 13.2. The number of hydrogen-bond donors (Lipinski definition) is 1. The molecular formula is C30H24N4S2. The van der Waals surface area contributed by atoms with Gasteiger partial charge < -0.3 is 5.32 Å². The fourth-order valence-electron chi connectivity index (χ4n) is 5.07. The maximum atomic E-state index is 4.83. The van der Waals surface area contributed by atoms with Crippen LogP contribution in [0.5, 0.6) is 0 Å². The van der Waals surface area contributed by atoms with Crippen molar-refractivity contribution in [1.29, 1.82) is 0 Å². The number of aromatic nitrogens is 3. The fourth-order valence-corrected chi connectivity index (χ4v) is 7.06. The topological polar surface area (TPSA) is 50.7 Å². The van der Waals surface area contributed by atoms with Crippen LogP contribution in [0.15, 0.2) is 72.4 Å². The summed E-state index contributed by atoms with van der Waals surface area (Å²) in [6.45, 7) is 2.12. The highest BCUT2D eigenvalue weighted by atomic mass is 32.1. The van der Waals surface area contributed by atoms with E-state index in [0.29, 0.717) is 0 Å². The third-order valence-electron chi connectivity index (χ3n) is 6.97. The van der Waals surface area contributed by atoms with Crippen LogP contribution in [0.2, 0.25) is 0 Å². The quantitative estimate of drug-likeness (QED) is 0.261. The minimum atomic E-state index is 0.845. The summed E-state index contributed by atoms with van der Waals surface area (Å²) in [5, 5.41) is 7.90. The summed E-state index contributed by atoms with van der Waals surface area (Å²) < 4.78 is 1.22. The van der Waals surface area contributed by atoms with Gasteiger partial charge in [0.25, 0.3) is 0 Å². The van der Waals surface area contributed by atoms with Gasteiger partial charge in [-0.1, -0.05) is 24.3 Å². The number of fused-ring (bicyclic) bond motifs is 3. The van der Waals surface area contributed by atoms with Gasteiger partial charge in [-0.15, -0.1) is 22.7 Å². The molecule has 0 bridgehead atoms. The Balaban J connectivity index is 1.21. The first kappa shape index (κ1) is 21.7. The minimum Gasteiger partial charge on any atom is -0.340 e. The SMILES string of the molecule is Cc1ccc2nc(-c3ccc(Nc4ncnc5scc(-c6ccc7c(c6)CCCC7)c45)cc3)sc2c1. The van der Waals surface area contributed by atoms with E-state index in [1.165, 1.54) is 58.2 Å². The van der Waals surface area contributed by atoms with Gasteiger partial charge in [0.1, 0.15) is 22.0 Å². The van der Waals surface area contributed by atoms with Crippen molar-refractivity contribution >= 4 is 54.6 Å². The first-order valence-electron chi connectivity index (χ1n) is 12.3. The van der Waals surface area contributed by atoms with E-state index in [1.54, 1.807) is 29.0 Å². The molecule has 0 saturated heterocycles. The van der Waals surface area contributed by atoms with Gasteiger partial charge in [0.15, 0.2) is 0 Å². The largest absolute Gasteiger partial charge is 0.340 e. The molecule has 0 radical (unpaired) electrons. The van der Waals surface area contributed by atoms with Crippen LogP contribution in [0.4, 0.5) is 11.5 Å². The Bertz CT molecular complexity index is 1730. The molecule has 176 valence electrons. The molecule has 7 rings (SSSR count). The molecule has 3 aromatic heterocycles. The zero-order valence-electron chi connectivity index (χ0n) is 19.9. The lowest BCUT2D eigenvalue weighted by molar-refractivity contribution is 0.686. The lowest BCUT2D eigenvalue weighted by atomic mass is 9.89. The first-order chi connectivity index (χ1) is 17.7. The molecule has 0 spiro atoms. The van der Waals surface area contributed by atoms with Crippen LogP contribution in [-0.4, -0.2) is 15.0 Å². The Morgan fingerprint density at radius 1 is 0.833 bits per heavy atom. The van der Waals surface area contributed by atoms with Crippen LogP contribution in [0, 0.1) is 6.92 Å². The maximum absolute atomic E-state index is 4.83. The molecule has 4 nitrogen and oxygen atoms in total. The molecule has 0 aliphatic heterocycles. The third-order valence-corrected chi connectivity index (χ3v) is 8.92. The number of hydrogen-bond acceptors (Lipinski definition) is 6. The summed E-state index contributed by atoms with van der Waals surface area (Å²) in [5.41, 5.74) is 9.88. The second kappa shape index (κ2) is 8.80. The van der Waals surface area contributed by atoms with Gasteiger partial charge in [0, 0.05) is 22.2 Å². The van der Waals surface area contributed by atoms with Gasteiger partial charge in [-0.3, -0.25) is 0 Å². The molecular weight excluding hydrogens is 480 g/mol. The van der Waals surface area contributed by atoms with Crippen molar-refractivity contribution in [3.63, 3.8) is 0 Å². The number of thiazole rings is 1. The first-order valence-corrected chi connectivity index (χ1v) is 14.0. The van der Waals surface area contributed by atoms with Gasteiger partial charge in [-0.05, 0) is 91.3 Å². The molecule has 1 aliphatic carbocycles. The molecule has 1 aliphatic rings. The lowest BCUT2D eigenvalue weighted by Crippen LogP contribution is -2.02. The van der Waals surface area contributed by atoms with E-state index >= 15 is 0 Å². The van der Waals surface area contributed by atoms with Crippen LogP contribution >= 0.6 is 22.7 Å². The van der Waals surface area contributed by atoms with Crippen molar-refractivity contribution in [2.24, 2.45) is 0 Å². The van der Waals surface area contributed by atoms with Crippen molar-refractivity contribution in [2.45, 2.75) is 32.6 Å². The molecule has 0 saturated carbocycles. The van der Waals surface area contributed by atoms with E-state index in [1.807, 2.05) is 0 Å². The predicted molar refractivity (Wildman–Crippen MR) is 153 cm³/mol. The molecule has 0 unspecified atom stereocenters. The number of anilines is 2. The summed E-state index contributed by atoms with van der Waals surface area (Å²) in [6, 6.07) is 21.8. The molecule has 0 atom stereocenters. The average molecular weight is 505 g/mol. The molecule has 36 heavy (non-hydrogen) atoms. The Morgan fingerprint density at radius 3 is 2.56 bits per heavy atom. The van der Waals surface area contributed by atoms with Crippen LogP contribution in [0.25, 0.3) is 42.1 Å². The van der Waals surface area contributed by atoms with Crippen LogP contribution in [0.1, 0.15) is 29.5 Å². The lowest BCUT2D eigenvalue weighted by Gasteiger charge is -2.16. The van der Waals surface area contributed by atoms with Crippen LogP contribution in [-0.2, 0) is 12.8 Å². The number of nitrogens with zero attached hydrogens (tertiary/aromatic N) is 3. The molecule has 3 aromatic carbocycles. The summed E-state index contributed by atoms with van der Waals surface area (Å²) in [7, 11) is 0. The number of rotatable bonds is 4. The monoisotopic (exact) mass is 504 g/mol. The Hall–Kier alpha value is -3.61. The van der Waals surface area contributed by atoms with Gasteiger partial charge in [0.05, 0.1) is 15.6 Å². The summed E-state index contributed by atoms with van der Waals surface area (Å²) in [6.07, 6.45) is 6.60. The molecule has 6 aromatic rings. The molecule has 1 N–H and O–H groups in total. The highest BCUT2D eigenvalue weighted by molar-refractivity contribution is 7.21. The van der Waals surface area contributed by atoms with Gasteiger partial charge >= 0.3 is 0 Å². The Morgan fingerprint density at radius 2 is 1.67 bits per heavy atom.